The standard InChI is InChI=1S/C32H32F2N8O3/c1-4-23(43)40-12-13-41(16(2)15-40)29-19-14-21(34)27(24-20(33)6-5-7-22(24)35)36-30(19)42(32(44)39-29)28-25(17-8-9-17)37-31(45-3)38-26(28)18-10-11-18/h4-7,14,16-18H,1,8-13,15,35H2,2-3H3/t16-/m0/s1. The minimum Gasteiger partial charge on any atom is -0.467 e. The molecule has 4 aromatic rings. The highest BCUT2D eigenvalue weighted by atomic mass is 19.1. The zero-order chi connectivity index (χ0) is 31.6. The molecular weight excluding hydrogens is 582 g/mol. The van der Waals surface area contributed by atoms with Crippen molar-refractivity contribution in [3.8, 4) is 23.0 Å². The van der Waals surface area contributed by atoms with E-state index in [-0.39, 0.29) is 63.6 Å². The first-order valence-corrected chi connectivity index (χ1v) is 15.0. The van der Waals surface area contributed by atoms with Gasteiger partial charge >= 0.3 is 11.7 Å². The average Bonchev–Trinajstić information content (AvgIpc) is 3.95. The predicted octanol–water partition coefficient (Wildman–Crippen LogP) is 4.08. The fourth-order valence-electron chi connectivity index (χ4n) is 6.16. The number of fused-ring (bicyclic) bond motifs is 1. The minimum atomic E-state index is -0.823. The maximum Gasteiger partial charge on any atom is 0.355 e. The van der Waals surface area contributed by atoms with Gasteiger partial charge in [-0.05, 0) is 56.9 Å². The largest absolute Gasteiger partial charge is 0.467 e. The molecule has 1 saturated heterocycles. The van der Waals surface area contributed by atoms with Crippen LogP contribution in [0.1, 0.15) is 55.8 Å². The maximum absolute atomic E-state index is 16.1. The Kier molecular flexibility index (Phi) is 6.98. The highest BCUT2D eigenvalue weighted by Gasteiger charge is 2.38. The number of ether oxygens (including phenoxy) is 1. The molecule has 232 valence electrons. The summed E-state index contributed by atoms with van der Waals surface area (Å²) in [5.41, 5.74) is 6.79. The summed E-state index contributed by atoms with van der Waals surface area (Å²) < 4.78 is 38.0. The van der Waals surface area contributed by atoms with Crippen molar-refractivity contribution in [3.63, 3.8) is 0 Å². The van der Waals surface area contributed by atoms with E-state index in [4.69, 9.17) is 10.5 Å². The zero-order valence-corrected chi connectivity index (χ0v) is 25.0. The van der Waals surface area contributed by atoms with E-state index in [0.29, 0.717) is 36.7 Å². The van der Waals surface area contributed by atoms with Crippen molar-refractivity contribution in [2.24, 2.45) is 0 Å². The van der Waals surface area contributed by atoms with E-state index in [2.05, 4.69) is 26.5 Å². The first-order valence-electron chi connectivity index (χ1n) is 15.0. The van der Waals surface area contributed by atoms with E-state index >= 15 is 8.78 Å². The van der Waals surface area contributed by atoms with Crippen LogP contribution in [0, 0.1) is 11.6 Å². The SMILES string of the molecule is C=CC(=O)N1CCN(c2nc(=O)n(-c3c(C4CC4)nc(OC)nc3C3CC3)c3nc(-c4c(N)cccc4F)c(F)cc23)[C@@H](C)C1. The summed E-state index contributed by atoms with van der Waals surface area (Å²) in [5, 5.41) is 0.250. The number of carbonyl (C=O) groups excluding carboxylic acids is 1. The van der Waals surface area contributed by atoms with Gasteiger partial charge in [0.2, 0.25) is 5.91 Å². The van der Waals surface area contributed by atoms with Gasteiger partial charge in [0, 0.05) is 43.2 Å². The Balaban J connectivity index is 1.52. The molecule has 0 radical (unpaired) electrons. The second kappa shape index (κ2) is 10.9. The molecule has 1 atom stereocenters. The first-order chi connectivity index (χ1) is 21.7. The van der Waals surface area contributed by atoms with Gasteiger partial charge in [0.1, 0.15) is 17.3 Å². The smallest absolute Gasteiger partial charge is 0.355 e. The number of nitrogen functional groups attached to an aromatic ring is 1. The molecule has 3 aromatic heterocycles. The van der Waals surface area contributed by atoms with Crippen LogP contribution in [0.15, 0.2) is 41.7 Å². The quantitative estimate of drug-likeness (QED) is 0.242. The number of hydrogen-bond acceptors (Lipinski definition) is 9. The van der Waals surface area contributed by atoms with E-state index < -0.39 is 17.3 Å². The Hall–Kier alpha value is -4.94. The molecule has 3 aliphatic rings. The highest BCUT2D eigenvalue weighted by Crippen LogP contribution is 2.48. The van der Waals surface area contributed by atoms with Crippen molar-refractivity contribution in [2.75, 3.05) is 37.4 Å². The summed E-state index contributed by atoms with van der Waals surface area (Å²) in [4.78, 5) is 48.6. The van der Waals surface area contributed by atoms with Gasteiger partial charge in [-0.2, -0.15) is 15.0 Å². The number of halogens is 2. The normalized spacial score (nSPS) is 18.4. The van der Waals surface area contributed by atoms with Gasteiger partial charge < -0.3 is 20.3 Å². The fourth-order valence-corrected chi connectivity index (χ4v) is 6.16. The summed E-state index contributed by atoms with van der Waals surface area (Å²) in [6.07, 6.45) is 4.76. The molecule has 1 aromatic carbocycles. The molecule has 3 fully saturated rings. The number of rotatable bonds is 7. The van der Waals surface area contributed by atoms with Crippen molar-refractivity contribution in [1.82, 2.24) is 29.4 Å². The molecule has 45 heavy (non-hydrogen) atoms. The molecular formula is C32H32F2N8O3. The molecule has 1 amide bonds. The van der Waals surface area contributed by atoms with E-state index in [1.807, 2.05) is 11.8 Å². The van der Waals surface area contributed by atoms with Crippen molar-refractivity contribution >= 4 is 28.4 Å². The Morgan fingerprint density at radius 1 is 1.04 bits per heavy atom. The molecule has 11 nitrogen and oxygen atoms in total. The number of benzene rings is 1. The van der Waals surface area contributed by atoms with Crippen molar-refractivity contribution in [1.29, 1.82) is 0 Å². The summed E-state index contributed by atoms with van der Waals surface area (Å²) in [7, 11) is 1.50. The number of nitrogens with zero attached hydrogens (tertiary/aromatic N) is 7. The molecule has 0 unspecified atom stereocenters. The number of methoxy groups -OCH3 is 1. The Morgan fingerprint density at radius 2 is 1.73 bits per heavy atom. The fraction of sp³-hybridized carbons (Fsp3) is 0.375. The van der Waals surface area contributed by atoms with E-state index in [0.717, 1.165) is 25.7 Å². The summed E-state index contributed by atoms with van der Waals surface area (Å²) in [6, 6.07) is 5.25. The van der Waals surface area contributed by atoms with Gasteiger partial charge in [0.15, 0.2) is 11.5 Å². The second-order valence-corrected chi connectivity index (χ2v) is 11.9. The molecule has 2 N–H and O–H groups in total. The lowest BCUT2D eigenvalue weighted by molar-refractivity contribution is -0.126. The Morgan fingerprint density at radius 3 is 2.31 bits per heavy atom. The number of anilines is 2. The van der Waals surface area contributed by atoms with Crippen LogP contribution in [-0.2, 0) is 4.79 Å². The van der Waals surface area contributed by atoms with Crippen molar-refractivity contribution in [2.45, 2.75) is 50.5 Å². The van der Waals surface area contributed by atoms with E-state index in [9.17, 15) is 9.59 Å². The van der Waals surface area contributed by atoms with Crippen LogP contribution >= 0.6 is 0 Å². The topological polar surface area (TPSA) is 132 Å². The van der Waals surface area contributed by atoms with Gasteiger partial charge in [-0.25, -0.2) is 23.1 Å². The third-order valence-electron chi connectivity index (χ3n) is 8.72. The third-order valence-corrected chi connectivity index (χ3v) is 8.72. The van der Waals surface area contributed by atoms with Crippen LogP contribution in [0.3, 0.4) is 0 Å². The molecule has 7 rings (SSSR count). The molecule has 13 heteroatoms. The monoisotopic (exact) mass is 614 g/mol. The van der Waals surface area contributed by atoms with Crippen LogP contribution in [-0.4, -0.2) is 68.1 Å². The number of carbonyl (C=O) groups is 1. The highest BCUT2D eigenvalue weighted by molar-refractivity contribution is 5.92. The number of nitrogens with two attached hydrogens (primary N) is 1. The van der Waals surface area contributed by atoms with Gasteiger partial charge in [-0.1, -0.05) is 12.6 Å². The molecule has 0 spiro atoms. The molecule has 2 aliphatic carbocycles. The van der Waals surface area contributed by atoms with Crippen molar-refractivity contribution < 1.29 is 18.3 Å². The molecule has 0 bridgehead atoms. The van der Waals surface area contributed by atoms with Crippen LogP contribution in [0.25, 0.3) is 28.0 Å². The van der Waals surface area contributed by atoms with Crippen LogP contribution < -0.4 is 21.1 Å². The first kappa shape index (κ1) is 28.8. The lowest BCUT2D eigenvalue weighted by Crippen LogP contribution is -2.54. The van der Waals surface area contributed by atoms with Crippen LogP contribution in [0.4, 0.5) is 20.3 Å². The van der Waals surface area contributed by atoms with Gasteiger partial charge in [-0.15, -0.1) is 0 Å². The maximum atomic E-state index is 16.1. The van der Waals surface area contributed by atoms with Gasteiger partial charge in [-0.3, -0.25) is 4.79 Å². The summed E-state index contributed by atoms with van der Waals surface area (Å²) in [5.74, 6) is -1.39. The zero-order valence-electron chi connectivity index (χ0n) is 25.0. The number of amides is 1. The summed E-state index contributed by atoms with van der Waals surface area (Å²) >= 11 is 0. The number of hydrogen-bond donors (Lipinski definition) is 1. The third kappa shape index (κ3) is 4.95. The van der Waals surface area contributed by atoms with Crippen molar-refractivity contribution in [3.05, 3.63) is 70.4 Å². The van der Waals surface area contributed by atoms with Gasteiger partial charge in [0.25, 0.3) is 0 Å². The average molecular weight is 615 g/mol. The predicted molar refractivity (Wildman–Crippen MR) is 165 cm³/mol. The molecule has 1 aliphatic heterocycles. The number of aromatic nitrogens is 5. The number of pyridine rings is 1. The lowest BCUT2D eigenvalue weighted by Gasteiger charge is -2.40. The lowest BCUT2D eigenvalue weighted by atomic mass is 10.1. The van der Waals surface area contributed by atoms with E-state index in [1.54, 1.807) is 4.90 Å². The van der Waals surface area contributed by atoms with Crippen LogP contribution in [0.2, 0.25) is 0 Å². The minimum absolute atomic E-state index is 0.00526. The van der Waals surface area contributed by atoms with E-state index in [1.165, 1.54) is 42.0 Å². The molecule has 4 heterocycles. The second-order valence-electron chi connectivity index (χ2n) is 11.9. The Labute approximate surface area is 257 Å². The molecule has 2 saturated carbocycles. The Bertz CT molecular complexity index is 1890. The van der Waals surface area contributed by atoms with Crippen LogP contribution in [0.5, 0.6) is 6.01 Å². The number of piperazine rings is 1. The van der Waals surface area contributed by atoms with Gasteiger partial charge in [0.05, 0.1) is 35.1 Å². The summed E-state index contributed by atoms with van der Waals surface area (Å²) in [6.45, 7) is 6.51.